The first-order valence-electron chi connectivity index (χ1n) is 20.9. The van der Waals surface area contributed by atoms with Crippen LogP contribution in [0.5, 0.6) is 0 Å². The Morgan fingerprint density at radius 2 is 1.10 bits per heavy atom. The van der Waals surface area contributed by atoms with Crippen LogP contribution in [0.3, 0.4) is 0 Å². The standard InChI is InChI=1S/C8H11BO2.C8H7BO2.C6H13BO2.2C6H11BO2.C4H11BO2.C3H9BO2/c1-10-9(11-2)8-6-4-3-5-7-8;10-9(11)7-6-8-4-2-1-3-5-8;8-7(9)6-4-2-1-3-5-6;1-6(2,3)4-5-7(8)9;1-2-3-4-5-6-7(8)9;1-2-3-4-5(6)7;1-3(2)4(5)6/h3-7H,1-2H3;1-5,10-11H;6,8-9H,1-5H2;8-9H,1-3H3;8-9H,2-4H2,1H3;6-7H,2-4H2,1H3;3,5-6H,1-2H3. The molecule has 0 aromatic heterocycles. The lowest BCUT2D eigenvalue weighted by Crippen LogP contribution is -2.34. The molecule has 0 bridgehead atoms. The van der Waals surface area contributed by atoms with Crippen molar-refractivity contribution in [2.75, 3.05) is 14.2 Å². The van der Waals surface area contributed by atoms with Crippen molar-refractivity contribution in [2.24, 2.45) is 5.41 Å². The van der Waals surface area contributed by atoms with Crippen molar-refractivity contribution >= 4 is 55.3 Å². The van der Waals surface area contributed by atoms with Gasteiger partial charge in [-0.3, -0.25) is 0 Å². The molecule has 3 rings (SSSR count). The maximum atomic E-state index is 8.73. The lowest BCUT2D eigenvalue weighted by molar-refractivity contribution is 0.292. The van der Waals surface area contributed by atoms with Crippen LogP contribution in [0.25, 0.3) is 0 Å². The number of unbranched alkanes of at least 4 members (excludes halogenated alkanes) is 3. The second kappa shape index (κ2) is 44.6. The van der Waals surface area contributed by atoms with E-state index in [0.29, 0.717) is 6.32 Å². The molecule has 0 heterocycles. The molecule has 1 aliphatic rings. The Kier molecular flexibility index (Phi) is 47.2. The first kappa shape index (κ1) is 65.6. The van der Waals surface area contributed by atoms with Gasteiger partial charge in [-0.15, -0.1) is 11.8 Å². The molecule has 0 atom stereocenters. The van der Waals surface area contributed by atoms with E-state index in [1.165, 1.54) is 19.3 Å². The Balaban J connectivity index is -0.000000319. The molecule has 12 N–H and O–H groups in total. The van der Waals surface area contributed by atoms with Crippen LogP contribution in [0.4, 0.5) is 0 Å². The van der Waals surface area contributed by atoms with Crippen LogP contribution in [0.15, 0.2) is 60.7 Å². The van der Waals surface area contributed by atoms with Gasteiger partial charge >= 0.3 is 49.8 Å². The van der Waals surface area contributed by atoms with Gasteiger partial charge in [0.1, 0.15) is 0 Å². The Labute approximate surface area is 375 Å². The summed E-state index contributed by atoms with van der Waals surface area (Å²) in [6.45, 7) is 13.3. The lowest BCUT2D eigenvalue weighted by atomic mass is 9.65. The predicted molar refractivity (Wildman–Crippen MR) is 256 cm³/mol. The summed E-state index contributed by atoms with van der Waals surface area (Å²) >= 11 is 0. The summed E-state index contributed by atoms with van der Waals surface area (Å²) in [5, 5.41) is 100. The zero-order valence-corrected chi connectivity index (χ0v) is 38.4. The van der Waals surface area contributed by atoms with Crippen molar-refractivity contribution in [3.8, 4) is 35.2 Å². The number of benzene rings is 2. The zero-order valence-electron chi connectivity index (χ0n) is 38.4. The van der Waals surface area contributed by atoms with Gasteiger partial charge in [0.05, 0.1) is 0 Å². The SMILES string of the molecule is CC(C)(C)C#CB(O)O.CC(C)B(O)O.CCCCB(O)O.CCCCC#CB(O)O.COB(OC)c1ccccc1.OB(O)C#Cc1ccccc1.OB(O)C1CCCCC1. The molecule has 1 aliphatic carbocycles. The zero-order chi connectivity index (χ0) is 48.4. The smallest absolute Gasteiger partial charge is 0.427 e. The van der Waals surface area contributed by atoms with Gasteiger partial charge in [0, 0.05) is 31.6 Å². The molecule has 2 aromatic rings. The first-order chi connectivity index (χ1) is 29.1. The van der Waals surface area contributed by atoms with E-state index >= 15 is 0 Å². The molecule has 14 nitrogen and oxygen atoms in total. The summed E-state index contributed by atoms with van der Waals surface area (Å²) in [4.78, 5) is 0. The van der Waals surface area contributed by atoms with Gasteiger partial charge in [0.15, 0.2) is 0 Å². The molecule has 0 spiro atoms. The van der Waals surface area contributed by atoms with E-state index < -0.39 is 42.7 Å². The minimum atomic E-state index is -1.55. The van der Waals surface area contributed by atoms with E-state index in [1.807, 2.05) is 76.2 Å². The summed E-state index contributed by atoms with van der Waals surface area (Å²) in [5.74, 6) is 14.7. The second-order valence-electron chi connectivity index (χ2n) is 15.0. The molecule has 21 heteroatoms. The van der Waals surface area contributed by atoms with Gasteiger partial charge in [-0.25, -0.2) is 0 Å². The maximum Gasteiger partial charge on any atom is 0.545 e. The monoisotopic (exact) mass is 867 g/mol. The highest BCUT2D eigenvalue weighted by atomic mass is 16.6. The highest BCUT2D eigenvalue weighted by Gasteiger charge is 2.24. The fraction of sp³-hybridized carbons (Fsp3) is 0.561. The number of hydrogen-bond donors (Lipinski definition) is 12. The third-order valence-electron chi connectivity index (χ3n) is 7.57. The van der Waals surface area contributed by atoms with Gasteiger partial charge in [0.2, 0.25) is 0 Å². The van der Waals surface area contributed by atoms with E-state index in [4.69, 9.17) is 69.6 Å². The van der Waals surface area contributed by atoms with E-state index in [1.54, 1.807) is 40.2 Å². The van der Waals surface area contributed by atoms with E-state index in [-0.39, 0.29) is 24.2 Å². The molecule has 0 saturated heterocycles. The summed E-state index contributed by atoms with van der Waals surface area (Å²) in [6, 6.07) is 19.0. The third-order valence-corrected chi connectivity index (χ3v) is 7.57. The average Bonchev–Trinajstić information content (AvgIpc) is 3.23. The molecule has 0 radical (unpaired) electrons. The molecule has 2 aromatic carbocycles. The molecule has 62 heavy (non-hydrogen) atoms. The van der Waals surface area contributed by atoms with Gasteiger partial charge < -0.3 is 69.6 Å². The summed E-state index contributed by atoms with van der Waals surface area (Å²) in [7, 11) is -4.80. The molecular weight excluding hydrogens is 792 g/mol. The first-order valence-corrected chi connectivity index (χ1v) is 20.9. The van der Waals surface area contributed by atoms with Gasteiger partial charge in [-0.1, -0.05) is 151 Å². The normalized spacial score (nSPS) is 10.9. The molecule has 1 saturated carbocycles. The summed E-state index contributed by atoms with van der Waals surface area (Å²) in [6.07, 6.45) is 10.9. The molecule has 0 aliphatic heterocycles. The van der Waals surface area contributed by atoms with E-state index in [0.717, 1.165) is 56.0 Å². The third kappa shape index (κ3) is 53.2. The maximum absolute atomic E-state index is 8.73. The Hall–Kier alpha value is -2.99. The van der Waals surface area contributed by atoms with Crippen molar-refractivity contribution in [3.63, 3.8) is 0 Å². The van der Waals surface area contributed by atoms with Crippen molar-refractivity contribution in [1.29, 1.82) is 0 Å². The Morgan fingerprint density at radius 1 is 0.645 bits per heavy atom. The molecule has 0 unspecified atom stereocenters. The quantitative estimate of drug-likeness (QED) is 0.0926. The minimum Gasteiger partial charge on any atom is -0.427 e. The van der Waals surface area contributed by atoms with Crippen LogP contribution < -0.4 is 5.46 Å². The van der Waals surface area contributed by atoms with Crippen LogP contribution in [0, 0.1) is 40.6 Å². The van der Waals surface area contributed by atoms with E-state index in [9.17, 15) is 0 Å². The fourth-order valence-corrected chi connectivity index (χ4v) is 4.18. The van der Waals surface area contributed by atoms with Crippen LogP contribution in [-0.2, 0) is 9.31 Å². The van der Waals surface area contributed by atoms with Crippen molar-refractivity contribution in [1.82, 2.24) is 0 Å². The van der Waals surface area contributed by atoms with Crippen molar-refractivity contribution in [3.05, 3.63) is 66.2 Å². The highest BCUT2D eigenvalue weighted by molar-refractivity contribution is 6.61. The van der Waals surface area contributed by atoms with Crippen LogP contribution in [0.2, 0.25) is 18.0 Å². The summed E-state index contributed by atoms with van der Waals surface area (Å²) < 4.78 is 10.1. The molecule has 342 valence electrons. The van der Waals surface area contributed by atoms with Crippen LogP contribution in [0.1, 0.15) is 118 Å². The largest absolute Gasteiger partial charge is 0.545 e. The van der Waals surface area contributed by atoms with Crippen molar-refractivity contribution in [2.45, 2.75) is 131 Å². The Morgan fingerprint density at radius 3 is 1.40 bits per heavy atom. The van der Waals surface area contributed by atoms with Gasteiger partial charge in [-0.2, -0.15) is 0 Å². The average molecular weight is 866 g/mol. The van der Waals surface area contributed by atoms with Crippen LogP contribution >= 0.6 is 0 Å². The fourth-order valence-electron chi connectivity index (χ4n) is 4.18. The predicted octanol–water partition coefficient (Wildman–Crippen LogP) is 1.89. The topological polar surface area (TPSA) is 261 Å². The second-order valence-corrected chi connectivity index (χ2v) is 15.0. The van der Waals surface area contributed by atoms with Gasteiger partial charge in [-0.05, 0) is 62.7 Å². The summed E-state index contributed by atoms with van der Waals surface area (Å²) in [5.41, 5.74) is 1.67. The Bertz CT molecular complexity index is 1440. The highest BCUT2D eigenvalue weighted by Crippen LogP contribution is 2.29. The van der Waals surface area contributed by atoms with Crippen molar-refractivity contribution < 1.29 is 69.6 Å². The lowest BCUT2D eigenvalue weighted by Gasteiger charge is -2.19. The molecule has 0 amide bonds. The number of hydrogen-bond acceptors (Lipinski definition) is 14. The molecular formula is C41H73B7O14. The number of rotatable bonds is 10. The minimum absolute atomic E-state index is 0.0370. The van der Waals surface area contributed by atoms with E-state index in [2.05, 4.69) is 42.1 Å². The van der Waals surface area contributed by atoms with Crippen LogP contribution in [-0.4, -0.2) is 124 Å². The molecule has 1 fully saturated rings. The van der Waals surface area contributed by atoms with Gasteiger partial charge in [0.25, 0.3) is 0 Å².